The standard InChI is InChI=1S/3C8H17N2.Sc/c3*1-4-7-10(6-3)8-9-5-2;/h3*4-7H2,1-3H3;. The molecule has 0 aliphatic carbocycles. The Morgan fingerprint density at radius 1 is 0.484 bits per heavy atom. The first kappa shape index (κ1) is 30.3. The Morgan fingerprint density at radius 3 is 0.903 bits per heavy atom. The topological polar surface area (TPSA) is 46.8 Å². The summed E-state index contributed by atoms with van der Waals surface area (Å²) in [5.41, 5.74) is 0. The Hall–Kier alpha value is -0.720. The molecule has 7 heteroatoms. The van der Waals surface area contributed by atoms with Crippen molar-refractivity contribution in [1.82, 2.24) is 14.7 Å². The van der Waals surface area contributed by atoms with Gasteiger partial charge in [0.1, 0.15) is 0 Å². The van der Waals surface area contributed by atoms with Gasteiger partial charge in [-0.2, -0.15) is 0 Å². The molecule has 6 nitrogen and oxygen atoms in total. The van der Waals surface area contributed by atoms with E-state index in [0.29, 0.717) is 0 Å². The van der Waals surface area contributed by atoms with Crippen LogP contribution in [-0.4, -0.2) is 84.4 Å². The van der Waals surface area contributed by atoms with Crippen molar-refractivity contribution >= 4 is 10.8 Å². The normalized spacial score (nSPS) is 12.9. The van der Waals surface area contributed by atoms with Crippen molar-refractivity contribution in [2.45, 2.75) is 81.6 Å². The van der Waals surface area contributed by atoms with Gasteiger partial charge >= 0.3 is 202 Å². The van der Waals surface area contributed by atoms with Gasteiger partial charge in [-0.05, 0) is 0 Å². The van der Waals surface area contributed by atoms with Crippen molar-refractivity contribution in [3.8, 4) is 0 Å². The van der Waals surface area contributed by atoms with Crippen LogP contribution in [0.1, 0.15) is 81.6 Å². The van der Waals surface area contributed by atoms with Gasteiger partial charge in [0.25, 0.3) is 0 Å². The predicted molar refractivity (Wildman–Crippen MR) is 137 cm³/mol. The minimum atomic E-state index is -2.59. The van der Waals surface area contributed by atoms with Gasteiger partial charge in [0.05, 0.1) is 0 Å². The van der Waals surface area contributed by atoms with Crippen molar-refractivity contribution in [3.05, 3.63) is 0 Å². The molecular formula is C24H51N6Sc. The van der Waals surface area contributed by atoms with Crippen LogP contribution in [0.4, 0.5) is 0 Å². The van der Waals surface area contributed by atoms with Crippen molar-refractivity contribution in [2.24, 2.45) is 15.0 Å². The van der Waals surface area contributed by atoms with E-state index in [1.54, 1.807) is 0 Å². The van der Waals surface area contributed by atoms with Gasteiger partial charge in [0.2, 0.25) is 0 Å². The molecule has 0 bridgehead atoms. The summed E-state index contributed by atoms with van der Waals surface area (Å²) in [6, 6.07) is 0. The van der Waals surface area contributed by atoms with Crippen LogP contribution in [0.2, 0.25) is 0 Å². The summed E-state index contributed by atoms with van der Waals surface area (Å²) in [5, 5.41) is 0. The Bertz CT molecular complexity index is 470. The van der Waals surface area contributed by atoms with Gasteiger partial charge in [0, 0.05) is 0 Å². The zero-order valence-electron chi connectivity index (χ0n) is 22.2. The fourth-order valence-corrected chi connectivity index (χ4v) is 10.0. The third-order valence-electron chi connectivity index (χ3n) is 5.33. The number of hydrogen-bond donors (Lipinski definition) is 0. The van der Waals surface area contributed by atoms with Crippen molar-refractivity contribution in [1.29, 1.82) is 0 Å². The molecule has 0 fully saturated rings. The zero-order chi connectivity index (χ0) is 23.6. The van der Waals surface area contributed by atoms with Gasteiger partial charge < -0.3 is 0 Å². The summed E-state index contributed by atoms with van der Waals surface area (Å²) < 4.78 is 3.97. The average molecular weight is 469 g/mol. The molecule has 0 N–H and O–H groups in total. The van der Waals surface area contributed by atoms with Crippen LogP contribution in [-0.2, 0) is 21.4 Å². The Balaban J connectivity index is 6.95. The van der Waals surface area contributed by atoms with Crippen LogP contribution >= 0.6 is 0 Å². The van der Waals surface area contributed by atoms with E-state index in [9.17, 15) is 0 Å². The number of rotatable bonds is 15. The molecule has 0 unspecified atom stereocenters. The zero-order valence-corrected chi connectivity index (χ0v) is 24.0. The van der Waals surface area contributed by atoms with E-state index >= 15 is 0 Å². The van der Waals surface area contributed by atoms with Gasteiger partial charge in [-0.1, -0.05) is 0 Å². The average Bonchev–Trinajstić information content (AvgIpc) is 2.78. The Morgan fingerprint density at radius 2 is 0.742 bits per heavy atom. The monoisotopic (exact) mass is 468 g/mol. The predicted octanol–water partition coefficient (Wildman–Crippen LogP) is 4.93. The summed E-state index contributed by atoms with van der Waals surface area (Å²) >= 11 is -2.59. The molecule has 0 aromatic carbocycles. The molecule has 0 aliphatic rings. The van der Waals surface area contributed by atoms with E-state index < -0.39 is 21.4 Å². The molecule has 31 heavy (non-hydrogen) atoms. The molecule has 0 atom stereocenters. The van der Waals surface area contributed by atoms with Crippen molar-refractivity contribution < 1.29 is 21.4 Å². The van der Waals surface area contributed by atoms with Gasteiger partial charge in [-0.15, -0.1) is 0 Å². The van der Waals surface area contributed by atoms with E-state index in [0.717, 1.165) is 78.2 Å². The van der Waals surface area contributed by atoms with E-state index in [2.05, 4.69) is 77.0 Å². The molecule has 0 amide bonds. The van der Waals surface area contributed by atoms with E-state index in [1.165, 1.54) is 10.8 Å². The summed E-state index contributed by atoms with van der Waals surface area (Å²) in [6.45, 7) is 28.7. The molecule has 0 heterocycles. The summed E-state index contributed by atoms with van der Waals surface area (Å²) in [4.78, 5) is 23.2. The van der Waals surface area contributed by atoms with Crippen molar-refractivity contribution in [3.63, 3.8) is 0 Å². The number of amidine groups is 3. The van der Waals surface area contributed by atoms with Crippen LogP contribution in [0.15, 0.2) is 15.0 Å². The van der Waals surface area contributed by atoms with Crippen LogP contribution in [0.5, 0.6) is 0 Å². The van der Waals surface area contributed by atoms with Gasteiger partial charge in [-0.25, -0.2) is 0 Å². The van der Waals surface area contributed by atoms with Crippen molar-refractivity contribution in [2.75, 3.05) is 58.9 Å². The van der Waals surface area contributed by atoms with Crippen LogP contribution in [0.3, 0.4) is 0 Å². The molecule has 0 radical (unpaired) electrons. The maximum absolute atomic E-state index is 5.19. The molecule has 180 valence electrons. The third-order valence-corrected chi connectivity index (χ3v) is 10.3. The molecule has 0 aliphatic heterocycles. The van der Waals surface area contributed by atoms with E-state index in [-0.39, 0.29) is 0 Å². The Labute approximate surface area is 201 Å². The molecular weight excluding hydrogens is 417 g/mol. The quantitative estimate of drug-likeness (QED) is 0.253. The maximum atomic E-state index is 5.19. The first-order valence-corrected chi connectivity index (χ1v) is 15.6. The fraction of sp³-hybridized carbons (Fsp3) is 0.875. The minimum absolute atomic E-state index is 0.815. The van der Waals surface area contributed by atoms with Crippen LogP contribution in [0, 0.1) is 0 Å². The van der Waals surface area contributed by atoms with Gasteiger partial charge in [-0.3, -0.25) is 0 Å². The van der Waals surface area contributed by atoms with Crippen LogP contribution in [0.25, 0.3) is 0 Å². The SMILES string of the molecule is CCCN(CC)[C](=NCC)[Sc]([C](=NCC)N(CC)CCC)[C](=NCC)N(CC)CCC. The second-order valence-electron chi connectivity index (χ2n) is 7.67. The summed E-state index contributed by atoms with van der Waals surface area (Å²) in [5.74, 6) is 0. The molecule has 0 aromatic rings. The first-order valence-electron chi connectivity index (χ1n) is 12.9. The third kappa shape index (κ3) is 9.75. The molecule has 0 rings (SSSR count). The molecule has 0 aromatic heterocycles. The number of hydrogen-bond acceptors (Lipinski definition) is 3. The summed E-state index contributed by atoms with van der Waals surface area (Å²) in [6.07, 6.45) is 3.39. The molecule has 0 spiro atoms. The first-order chi connectivity index (χ1) is 15.0. The number of aliphatic imine (C=N–C) groups is 3. The fourth-order valence-electron chi connectivity index (χ4n) is 4.07. The van der Waals surface area contributed by atoms with E-state index in [1.807, 2.05) is 0 Å². The Kier molecular flexibility index (Phi) is 18.4. The molecule has 0 saturated carbocycles. The van der Waals surface area contributed by atoms with Crippen LogP contribution < -0.4 is 0 Å². The second kappa shape index (κ2) is 18.8. The second-order valence-corrected chi connectivity index (χ2v) is 11.4. The molecule has 0 saturated heterocycles. The summed E-state index contributed by atoms with van der Waals surface area (Å²) in [7, 11) is 0. The van der Waals surface area contributed by atoms with Gasteiger partial charge in [0.15, 0.2) is 0 Å². The number of nitrogens with zero attached hydrogens (tertiary/aromatic N) is 6. The van der Waals surface area contributed by atoms with E-state index in [4.69, 9.17) is 15.0 Å².